The van der Waals surface area contributed by atoms with Crippen LogP contribution in [0, 0.1) is 0 Å². The van der Waals surface area contributed by atoms with Gasteiger partial charge in [-0.25, -0.2) is 4.79 Å². The number of halogens is 1. The summed E-state index contributed by atoms with van der Waals surface area (Å²) in [5, 5.41) is 9.93. The number of furan rings is 1. The van der Waals surface area contributed by atoms with Gasteiger partial charge in [0.1, 0.15) is 11.5 Å². The Kier molecular flexibility index (Phi) is 4.90. The number of benzene rings is 1. The average Bonchev–Trinajstić information content (AvgIpc) is 2.94. The summed E-state index contributed by atoms with van der Waals surface area (Å²) in [5.74, 6) is 0.855. The van der Waals surface area contributed by atoms with Crippen molar-refractivity contribution in [3.8, 4) is 5.75 Å². The fourth-order valence-electron chi connectivity index (χ4n) is 1.95. The maximum atomic E-state index is 12.3. The number of hydrogen-bond donors (Lipinski definition) is 1. The lowest BCUT2D eigenvalue weighted by Gasteiger charge is -2.25. The van der Waals surface area contributed by atoms with Gasteiger partial charge in [0.2, 0.25) is 0 Å². The van der Waals surface area contributed by atoms with Gasteiger partial charge in [-0.15, -0.1) is 0 Å². The van der Waals surface area contributed by atoms with E-state index >= 15 is 0 Å². The number of nitrogens with zero attached hydrogens (tertiary/aromatic N) is 2. The molecule has 0 saturated carbocycles. The van der Waals surface area contributed by atoms with Crippen LogP contribution in [0.3, 0.4) is 0 Å². The fraction of sp³-hybridized carbons (Fsp3) is 0.267. The van der Waals surface area contributed by atoms with E-state index in [1.54, 1.807) is 49.5 Å². The van der Waals surface area contributed by atoms with E-state index in [1.165, 1.54) is 4.90 Å². The largest absolute Gasteiger partial charge is 0.508 e. The van der Waals surface area contributed by atoms with Crippen molar-refractivity contribution in [2.75, 3.05) is 14.1 Å². The summed E-state index contributed by atoms with van der Waals surface area (Å²) in [6.07, 6.45) is 1.57. The first kappa shape index (κ1) is 15.4. The van der Waals surface area contributed by atoms with Gasteiger partial charge < -0.3 is 19.3 Å². The molecule has 2 rings (SSSR count). The van der Waals surface area contributed by atoms with Crippen molar-refractivity contribution < 1.29 is 14.3 Å². The Morgan fingerprint density at radius 3 is 2.67 bits per heavy atom. The van der Waals surface area contributed by atoms with Crippen molar-refractivity contribution in [1.82, 2.24) is 9.80 Å². The van der Waals surface area contributed by atoms with E-state index < -0.39 is 0 Å². The molecule has 0 unspecified atom stereocenters. The van der Waals surface area contributed by atoms with Crippen molar-refractivity contribution in [2.24, 2.45) is 0 Å². The Bertz CT molecular complexity index is 611. The van der Waals surface area contributed by atoms with Crippen LogP contribution in [0.2, 0.25) is 0 Å². The van der Waals surface area contributed by atoms with E-state index in [0.717, 1.165) is 4.47 Å². The second-order valence-electron chi connectivity index (χ2n) is 4.89. The van der Waals surface area contributed by atoms with Crippen LogP contribution >= 0.6 is 15.9 Å². The molecular weight excluding hydrogens is 336 g/mol. The maximum absolute atomic E-state index is 12.3. The van der Waals surface area contributed by atoms with Crippen molar-refractivity contribution in [2.45, 2.75) is 13.1 Å². The molecular formula is C15H17BrN2O3. The molecule has 0 saturated heterocycles. The quantitative estimate of drug-likeness (QED) is 0.916. The van der Waals surface area contributed by atoms with Crippen molar-refractivity contribution in [1.29, 1.82) is 0 Å². The van der Waals surface area contributed by atoms with Crippen LogP contribution in [-0.4, -0.2) is 35.0 Å². The molecule has 0 aliphatic carbocycles. The van der Waals surface area contributed by atoms with Gasteiger partial charge >= 0.3 is 6.03 Å². The van der Waals surface area contributed by atoms with E-state index in [0.29, 0.717) is 24.4 Å². The zero-order valence-corrected chi connectivity index (χ0v) is 13.5. The molecule has 1 aromatic heterocycles. The molecule has 1 N–H and O–H groups in total. The highest BCUT2D eigenvalue weighted by Crippen LogP contribution is 2.24. The zero-order valence-electron chi connectivity index (χ0n) is 11.9. The van der Waals surface area contributed by atoms with Crippen molar-refractivity contribution in [3.05, 3.63) is 52.4 Å². The Morgan fingerprint density at radius 2 is 2.05 bits per heavy atom. The van der Waals surface area contributed by atoms with E-state index in [-0.39, 0.29) is 11.8 Å². The molecule has 5 nitrogen and oxygen atoms in total. The average molecular weight is 353 g/mol. The van der Waals surface area contributed by atoms with Gasteiger partial charge in [0, 0.05) is 24.1 Å². The Morgan fingerprint density at radius 1 is 1.29 bits per heavy atom. The van der Waals surface area contributed by atoms with E-state index in [9.17, 15) is 9.90 Å². The van der Waals surface area contributed by atoms with Gasteiger partial charge in [-0.05, 0) is 30.3 Å². The zero-order chi connectivity index (χ0) is 15.4. The lowest BCUT2D eigenvalue weighted by molar-refractivity contribution is 0.160. The predicted octanol–water partition coefficient (Wildman–Crippen LogP) is 3.43. The molecule has 0 atom stereocenters. The molecule has 6 heteroatoms. The highest BCUT2D eigenvalue weighted by molar-refractivity contribution is 9.10. The number of phenols is 1. The first-order valence-electron chi connectivity index (χ1n) is 6.43. The van der Waals surface area contributed by atoms with Crippen LogP contribution < -0.4 is 0 Å². The first-order valence-corrected chi connectivity index (χ1v) is 7.22. The first-order chi connectivity index (χ1) is 9.97. The van der Waals surface area contributed by atoms with Crippen LogP contribution in [0.1, 0.15) is 11.3 Å². The number of aromatic hydroxyl groups is 1. The van der Waals surface area contributed by atoms with Gasteiger partial charge in [-0.3, -0.25) is 0 Å². The molecule has 0 fully saturated rings. The second kappa shape index (κ2) is 6.67. The third-order valence-electron chi connectivity index (χ3n) is 2.98. The van der Waals surface area contributed by atoms with Crippen molar-refractivity contribution in [3.63, 3.8) is 0 Å². The maximum Gasteiger partial charge on any atom is 0.320 e. The summed E-state index contributed by atoms with van der Waals surface area (Å²) in [4.78, 5) is 15.4. The minimum atomic E-state index is -0.147. The molecule has 1 aromatic carbocycles. The van der Waals surface area contributed by atoms with Crippen LogP contribution in [0.25, 0.3) is 0 Å². The third-order valence-corrected chi connectivity index (χ3v) is 3.48. The highest BCUT2D eigenvalue weighted by Gasteiger charge is 2.19. The van der Waals surface area contributed by atoms with Crippen LogP contribution in [-0.2, 0) is 13.1 Å². The van der Waals surface area contributed by atoms with Gasteiger partial charge in [-0.2, -0.15) is 0 Å². The SMILES string of the molecule is CN(C)C(=O)N(Cc1ccco1)Cc1cc(Br)ccc1O. The van der Waals surface area contributed by atoms with Gasteiger partial charge in [-0.1, -0.05) is 15.9 Å². The lowest BCUT2D eigenvalue weighted by Crippen LogP contribution is -2.38. The van der Waals surface area contributed by atoms with Gasteiger partial charge in [0.15, 0.2) is 0 Å². The molecule has 0 aliphatic heterocycles. The third kappa shape index (κ3) is 4.01. The fourth-order valence-corrected chi connectivity index (χ4v) is 2.36. The van der Waals surface area contributed by atoms with Crippen LogP contribution in [0.4, 0.5) is 4.79 Å². The molecule has 0 spiro atoms. The predicted molar refractivity (Wildman–Crippen MR) is 82.8 cm³/mol. The number of hydrogen-bond acceptors (Lipinski definition) is 3. The Labute approximate surface area is 131 Å². The molecule has 1 heterocycles. The minimum Gasteiger partial charge on any atom is -0.508 e. The number of rotatable bonds is 4. The number of phenolic OH excluding ortho intramolecular Hbond substituents is 1. The topological polar surface area (TPSA) is 56.9 Å². The summed E-state index contributed by atoms with van der Waals surface area (Å²) < 4.78 is 6.15. The molecule has 2 amide bonds. The summed E-state index contributed by atoms with van der Waals surface area (Å²) in [6, 6.07) is 8.60. The lowest BCUT2D eigenvalue weighted by atomic mass is 10.2. The Balaban J connectivity index is 2.22. The second-order valence-corrected chi connectivity index (χ2v) is 5.80. The highest BCUT2D eigenvalue weighted by atomic mass is 79.9. The van der Waals surface area contributed by atoms with Gasteiger partial charge in [0.25, 0.3) is 0 Å². The minimum absolute atomic E-state index is 0.147. The molecule has 2 aromatic rings. The van der Waals surface area contributed by atoms with Crippen molar-refractivity contribution >= 4 is 22.0 Å². The number of urea groups is 1. The monoisotopic (exact) mass is 352 g/mol. The van der Waals surface area contributed by atoms with E-state index in [1.807, 2.05) is 6.07 Å². The number of carbonyl (C=O) groups excluding carboxylic acids is 1. The molecule has 112 valence electrons. The summed E-state index contributed by atoms with van der Waals surface area (Å²) in [7, 11) is 3.39. The summed E-state index contributed by atoms with van der Waals surface area (Å²) in [6.45, 7) is 0.638. The molecule has 21 heavy (non-hydrogen) atoms. The van der Waals surface area contributed by atoms with Crippen LogP contribution in [0.5, 0.6) is 5.75 Å². The van der Waals surface area contributed by atoms with Gasteiger partial charge in [0.05, 0.1) is 19.4 Å². The van der Waals surface area contributed by atoms with E-state index in [4.69, 9.17) is 4.42 Å². The standard InChI is InChI=1S/C15H17BrN2O3/c1-17(2)15(20)18(10-13-4-3-7-21-13)9-11-8-12(16)5-6-14(11)19/h3-8,19H,9-10H2,1-2H3. The summed E-state index contributed by atoms with van der Waals surface area (Å²) >= 11 is 3.37. The summed E-state index contributed by atoms with van der Waals surface area (Å²) in [5.41, 5.74) is 0.672. The Hall–Kier alpha value is -1.95. The smallest absolute Gasteiger partial charge is 0.320 e. The molecule has 0 radical (unpaired) electrons. The normalized spacial score (nSPS) is 10.4. The number of carbonyl (C=O) groups is 1. The molecule has 0 bridgehead atoms. The molecule has 0 aliphatic rings. The van der Waals surface area contributed by atoms with Crippen LogP contribution in [0.15, 0.2) is 45.5 Å². The number of amides is 2. The van der Waals surface area contributed by atoms with E-state index in [2.05, 4.69) is 15.9 Å².